The Morgan fingerprint density at radius 3 is 3.13 bits per heavy atom. The van der Waals surface area contributed by atoms with Crippen LogP contribution in [-0.4, -0.2) is 29.2 Å². The van der Waals surface area contributed by atoms with Crippen molar-refractivity contribution in [1.82, 2.24) is 9.97 Å². The minimum atomic E-state index is 0.310. The van der Waals surface area contributed by atoms with Gasteiger partial charge in [0.2, 0.25) is 0 Å². The van der Waals surface area contributed by atoms with Crippen molar-refractivity contribution in [3.63, 3.8) is 0 Å². The average molecular weight is 273 g/mol. The molecule has 2 rings (SSSR count). The zero-order chi connectivity index (χ0) is 10.7. The molecular weight excluding hydrogens is 260 g/mol. The van der Waals surface area contributed by atoms with Crippen LogP contribution in [0.2, 0.25) is 0 Å². The van der Waals surface area contributed by atoms with Crippen LogP contribution in [0.4, 0.5) is 11.6 Å². The maximum absolute atomic E-state index is 5.66. The summed E-state index contributed by atoms with van der Waals surface area (Å²) in [7, 11) is 0. The summed E-state index contributed by atoms with van der Waals surface area (Å²) >= 11 is 3.35. The molecule has 1 fully saturated rings. The molecule has 3 N–H and O–H groups in total. The molecule has 1 unspecified atom stereocenters. The SMILES string of the molecule is Nc1ncnc(NC2CCCOC2)c1Br. The highest BCUT2D eigenvalue weighted by Gasteiger charge is 2.16. The van der Waals surface area contributed by atoms with Gasteiger partial charge < -0.3 is 15.8 Å². The predicted molar refractivity (Wildman–Crippen MR) is 61.6 cm³/mol. The van der Waals surface area contributed by atoms with Crippen molar-refractivity contribution in [3.8, 4) is 0 Å². The molecule has 1 aliphatic heterocycles. The molecule has 1 aliphatic rings. The van der Waals surface area contributed by atoms with Crippen molar-refractivity contribution < 1.29 is 4.74 Å². The zero-order valence-electron chi connectivity index (χ0n) is 8.24. The summed E-state index contributed by atoms with van der Waals surface area (Å²) in [5.74, 6) is 1.18. The third-order valence-corrected chi connectivity index (χ3v) is 3.10. The van der Waals surface area contributed by atoms with E-state index in [4.69, 9.17) is 10.5 Å². The van der Waals surface area contributed by atoms with E-state index in [9.17, 15) is 0 Å². The molecule has 0 spiro atoms. The van der Waals surface area contributed by atoms with Gasteiger partial charge in [-0.2, -0.15) is 0 Å². The van der Waals surface area contributed by atoms with Gasteiger partial charge in [0.05, 0.1) is 12.6 Å². The molecule has 1 aromatic rings. The van der Waals surface area contributed by atoms with Crippen LogP contribution in [0.25, 0.3) is 0 Å². The van der Waals surface area contributed by atoms with Crippen LogP contribution in [0, 0.1) is 0 Å². The quantitative estimate of drug-likeness (QED) is 0.852. The fourth-order valence-corrected chi connectivity index (χ4v) is 1.85. The summed E-state index contributed by atoms with van der Waals surface area (Å²) in [5, 5.41) is 3.29. The molecule has 1 saturated heterocycles. The van der Waals surface area contributed by atoms with E-state index in [1.807, 2.05) is 0 Å². The second kappa shape index (κ2) is 4.76. The lowest BCUT2D eigenvalue weighted by Crippen LogP contribution is -2.30. The highest BCUT2D eigenvalue weighted by molar-refractivity contribution is 9.10. The number of nitrogens with two attached hydrogens (primary N) is 1. The summed E-state index contributed by atoms with van der Waals surface area (Å²) in [6.07, 6.45) is 3.62. The van der Waals surface area contributed by atoms with Gasteiger partial charge in [-0.3, -0.25) is 0 Å². The number of hydrogen-bond acceptors (Lipinski definition) is 5. The van der Waals surface area contributed by atoms with Gasteiger partial charge in [-0.1, -0.05) is 0 Å². The lowest BCUT2D eigenvalue weighted by Gasteiger charge is -2.24. The Morgan fingerprint density at radius 1 is 1.53 bits per heavy atom. The first-order valence-electron chi connectivity index (χ1n) is 4.87. The van der Waals surface area contributed by atoms with Crippen molar-refractivity contribution in [2.24, 2.45) is 0 Å². The molecule has 6 heteroatoms. The Morgan fingerprint density at radius 2 is 2.40 bits per heavy atom. The maximum atomic E-state index is 5.66. The van der Waals surface area contributed by atoms with Gasteiger partial charge in [-0.05, 0) is 28.8 Å². The number of nitrogens with zero attached hydrogens (tertiary/aromatic N) is 2. The second-order valence-corrected chi connectivity index (χ2v) is 4.27. The average Bonchev–Trinajstić information content (AvgIpc) is 2.26. The third kappa shape index (κ3) is 2.57. The molecule has 0 amide bonds. The Kier molecular flexibility index (Phi) is 3.37. The largest absolute Gasteiger partial charge is 0.383 e. The van der Waals surface area contributed by atoms with Crippen LogP contribution in [0.15, 0.2) is 10.8 Å². The van der Waals surface area contributed by atoms with E-state index in [1.54, 1.807) is 0 Å². The molecule has 1 aromatic heterocycles. The second-order valence-electron chi connectivity index (χ2n) is 3.48. The minimum absolute atomic E-state index is 0.310. The van der Waals surface area contributed by atoms with E-state index in [2.05, 4.69) is 31.2 Å². The first-order valence-corrected chi connectivity index (χ1v) is 5.67. The van der Waals surface area contributed by atoms with Crippen molar-refractivity contribution >= 4 is 27.6 Å². The molecule has 0 bridgehead atoms. The minimum Gasteiger partial charge on any atom is -0.383 e. The molecule has 5 nitrogen and oxygen atoms in total. The van der Waals surface area contributed by atoms with Crippen LogP contribution in [0.5, 0.6) is 0 Å². The first-order chi connectivity index (χ1) is 7.27. The van der Waals surface area contributed by atoms with Gasteiger partial charge in [-0.15, -0.1) is 0 Å². The van der Waals surface area contributed by atoms with E-state index >= 15 is 0 Å². The number of nitrogen functional groups attached to an aromatic ring is 1. The van der Waals surface area contributed by atoms with Crippen molar-refractivity contribution in [2.45, 2.75) is 18.9 Å². The zero-order valence-corrected chi connectivity index (χ0v) is 9.83. The summed E-state index contributed by atoms with van der Waals surface area (Å²) < 4.78 is 6.09. The Hall–Kier alpha value is -0.880. The number of rotatable bonds is 2. The summed E-state index contributed by atoms with van der Waals surface area (Å²) in [6, 6.07) is 0.310. The number of halogens is 1. The topological polar surface area (TPSA) is 73.1 Å². The number of ether oxygens (including phenoxy) is 1. The van der Waals surface area contributed by atoms with E-state index in [1.165, 1.54) is 6.33 Å². The van der Waals surface area contributed by atoms with Crippen LogP contribution >= 0.6 is 15.9 Å². The number of hydrogen-bond donors (Lipinski definition) is 2. The van der Waals surface area contributed by atoms with Crippen LogP contribution in [0.1, 0.15) is 12.8 Å². The van der Waals surface area contributed by atoms with E-state index in [0.29, 0.717) is 11.9 Å². The molecule has 0 saturated carbocycles. The molecule has 15 heavy (non-hydrogen) atoms. The molecule has 82 valence electrons. The third-order valence-electron chi connectivity index (χ3n) is 2.32. The van der Waals surface area contributed by atoms with Gasteiger partial charge in [0.15, 0.2) is 0 Å². The fourth-order valence-electron chi connectivity index (χ4n) is 1.53. The van der Waals surface area contributed by atoms with Gasteiger partial charge in [-0.25, -0.2) is 9.97 Å². The molecule has 0 radical (unpaired) electrons. The highest BCUT2D eigenvalue weighted by atomic mass is 79.9. The summed E-state index contributed by atoms with van der Waals surface area (Å²) in [5.41, 5.74) is 5.66. The lowest BCUT2D eigenvalue weighted by atomic mass is 10.1. The molecule has 1 atom stereocenters. The maximum Gasteiger partial charge on any atom is 0.146 e. The fraction of sp³-hybridized carbons (Fsp3) is 0.556. The molecule has 0 aliphatic carbocycles. The highest BCUT2D eigenvalue weighted by Crippen LogP contribution is 2.25. The van der Waals surface area contributed by atoms with Gasteiger partial charge in [0.25, 0.3) is 0 Å². The molecule has 2 heterocycles. The summed E-state index contributed by atoms with van der Waals surface area (Å²) in [4.78, 5) is 8.01. The lowest BCUT2D eigenvalue weighted by molar-refractivity contribution is 0.0875. The van der Waals surface area contributed by atoms with Crippen LogP contribution in [-0.2, 0) is 4.74 Å². The van der Waals surface area contributed by atoms with Crippen LogP contribution in [0.3, 0.4) is 0 Å². The standard InChI is InChI=1S/C9H13BrN4O/c10-7-8(11)12-5-13-9(7)14-6-2-1-3-15-4-6/h5-6H,1-4H2,(H3,11,12,13,14). The first kappa shape index (κ1) is 10.6. The van der Waals surface area contributed by atoms with Gasteiger partial charge in [0, 0.05) is 6.61 Å². The number of nitrogens with one attached hydrogen (secondary N) is 1. The Bertz CT molecular complexity index is 341. The molecule has 0 aromatic carbocycles. The Labute approximate surface area is 96.6 Å². The van der Waals surface area contributed by atoms with Crippen molar-refractivity contribution in [3.05, 3.63) is 10.8 Å². The van der Waals surface area contributed by atoms with Crippen LogP contribution < -0.4 is 11.1 Å². The van der Waals surface area contributed by atoms with E-state index < -0.39 is 0 Å². The summed E-state index contributed by atoms with van der Waals surface area (Å²) in [6.45, 7) is 1.57. The van der Waals surface area contributed by atoms with E-state index in [0.717, 1.165) is 36.3 Å². The Balaban J connectivity index is 2.06. The molecular formula is C9H13BrN4O. The smallest absolute Gasteiger partial charge is 0.146 e. The van der Waals surface area contributed by atoms with Gasteiger partial charge in [0.1, 0.15) is 22.4 Å². The number of aromatic nitrogens is 2. The predicted octanol–water partition coefficient (Wildman–Crippen LogP) is 1.41. The normalized spacial score (nSPS) is 21.3. The number of anilines is 2. The van der Waals surface area contributed by atoms with Gasteiger partial charge >= 0.3 is 0 Å². The monoisotopic (exact) mass is 272 g/mol. The van der Waals surface area contributed by atoms with Crippen molar-refractivity contribution in [1.29, 1.82) is 0 Å². The van der Waals surface area contributed by atoms with E-state index in [-0.39, 0.29) is 0 Å². The van der Waals surface area contributed by atoms with Crippen molar-refractivity contribution in [2.75, 3.05) is 24.3 Å².